The lowest BCUT2D eigenvalue weighted by atomic mass is 10.4. The first-order valence-corrected chi connectivity index (χ1v) is 14.2. The summed E-state index contributed by atoms with van der Waals surface area (Å²) in [6.07, 6.45) is -1.00. The first-order valence-electron chi connectivity index (χ1n) is 14.2. The number of hydroxylamine groups is 4. The lowest BCUT2D eigenvalue weighted by molar-refractivity contribution is -0.247. The Balaban J connectivity index is 1.21. The van der Waals surface area contributed by atoms with Gasteiger partial charge in [0, 0.05) is 32.1 Å². The van der Waals surface area contributed by atoms with Gasteiger partial charge in [-0.2, -0.15) is 5.06 Å². The fourth-order valence-corrected chi connectivity index (χ4v) is 3.41. The summed E-state index contributed by atoms with van der Waals surface area (Å²) in [5.41, 5.74) is 0. The molecule has 43 heavy (non-hydrogen) atoms. The maximum atomic E-state index is 11.6. The highest BCUT2D eigenvalue weighted by atomic mass is 16.8. The molecule has 0 saturated carbocycles. The van der Waals surface area contributed by atoms with E-state index in [9.17, 15) is 29.1 Å². The molecule has 1 atom stereocenters. The van der Waals surface area contributed by atoms with Crippen molar-refractivity contribution in [1.29, 1.82) is 0 Å². The summed E-state index contributed by atoms with van der Waals surface area (Å²) in [6, 6.07) is 0. The Kier molecular flexibility index (Phi) is 19.5. The van der Waals surface area contributed by atoms with Crippen LogP contribution in [0.3, 0.4) is 0 Å². The third-order valence-corrected chi connectivity index (χ3v) is 5.62. The molecular formula is C26H42N2O15. The van der Waals surface area contributed by atoms with Crippen LogP contribution in [0.4, 0.5) is 0 Å². The number of rotatable bonds is 27. The second kappa shape index (κ2) is 22.9. The molecule has 246 valence electrons. The Morgan fingerprint density at radius 3 is 1.26 bits per heavy atom. The van der Waals surface area contributed by atoms with Crippen LogP contribution in [0.2, 0.25) is 0 Å². The molecular weight excluding hydrogens is 580 g/mol. The van der Waals surface area contributed by atoms with Crippen molar-refractivity contribution in [3.63, 3.8) is 0 Å². The van der Waals surface area contributed by atoms with Crippen molar-refractivity contribution in [3.05, 3.63) is 0 Å². The van der Waals surface area contributed by atoms with E-state index in [2.05, 4.69) is 0 Å². The first kappa shape index (κ1) is 36.6. The molecule has 0 aromatic carbocycles. The number of nitrogens with zero attached hydrogens (tertiary/aromatic N) is 2. The van der Waals surface area contributed by atoms with Gasteiger partial charge in [0.05, 0.1) is 98.9 Å². The maximum absolute atomic E-state index is 11.6. The second-order valence-corrected chi connectivity index (χ2v) is 9.01. The molecule has 17 nitrogen and oxygen atoms in total. The monoisotopic (exact) mass is 622 g/mol. The minimum absolute atomic E-state index is 0.0503. The van der Waals surface area contributed by atoms with Gasteiger partial charge < -0.3 is 43.1 Å². The number of aliphatic hydroxyl groups is 1. The molecule has 2 rings (SSSR count). The third-order valence-electron chi connectivity index (χ3n) is 5.62. The molecule has 0 radical (unpaired) electrons. The van der Waals surface area contributed by atoms with Crippen molar-refractivity contribution in [2.24, 2.45) is 0 Å². The maximum Gasteiger partial charge on any atom is 0.335 e. The molecule has 0 aliphatic carbocycles. The summed E-state index contributed by atoms with van der Waals surface area (Å²) in [4.78, 5) is 66.8. The molecule has 2 saturated heterocycles. The topological polar surface area (TPSA) is 195 Å². The quantitative estimate of drug-likeness (QED) is 0.0657. The number of amides is 4. The molecule has 0 bridgehead atoms. The van der Waals surface area contributed by atoms with Gasteiger partial charge in [0.15, 0.2) is 6.29 Å². The molecule has 1 N–H and O–H groups in total. The van der Waals surface area contributed by atoms with Crippen molar-refractivity contribution in [2.45, 2.75) is 44.8 Å². The highest BCUT2D eigenvalue weighted by Crippen LogP contribution is 2.14. The van der Waals surface area contributed by atoms with Crippen molar-refractivity contribution >= 4 is 29.6 Å². The molecule has 17 heteroatoms. The SMILES string of the molecule is O=C(CCOCCOCCOCCOCCOCCOCCOCCC(O)ON1C(=O)CCC1=O)ON1C(=O)CCC1=O. The molecule has 1 unspecified atom stereocenters. The van der Waals surface area contributed by atoms with Gasteiger partial charge in [-0.05, 0) is 0 Å². The lowest BCUT2D eigenvalue weighted by Crippen LogP contribution is -2.34. The van der Waals surface area contributed by atoms with Crippen molar-refractivity contribution in [2.75, 3.05) is 92.5 Å². The van der Waals surface area contributed by atoms with Gasteiger partial charge in [0.2, 0.25) is 0 Å². The third kappa shape index (κ3) is 16.7. The van der Waals surface area contributed by atoms with Crippen LogP contribution >= 0.6 is 0 Å². The van der Waals surface area contributed by atoms with E-state index in [1.165, 1.54) is 0 Å². The number of imide groups is 2. The summed E-state index contributed by atoms with van der Waals surface area (Å²) in [5.74, 6) is -2.67. The van der Waals surface area contributed by atoms with Gasteiger partial charge in [0.1, 0.15) is 0 Å². The largest absolute Gasteiger partial charge is 0.379 e. The Morgan fingerprint density at radius 2 is 0.860 bits per heavy atom. The first-order chi connectivity index (χ1) is 20.9. The number of aliphatic hydroxyl groups excluding tert-OH is 1. The van der Waals surface area contributed by atoms with Gasteiger partial charge in [-0.25, -0.2) is 9.63 Å². The van der Waals surface area contributed by atoms with Gasteiger partial charge in [-0.1, -0.05) is 0 Å². The van der Waals surface area contributed by atoms with E-state index in [-0.39, 0.29) is 58.3 Å². The zero-order valence-corrected chi connectivity index (χ0v) is 24.3. The van der Waals surface area contributed by atoms with Gasteiger partial charge in [0.25, 0.3) is 23.6 Å². The average molecular weight is 623 g/mol. The Hall–Kier alpha value is -2.61. The van der Waals surface area contributed by atoms with Crippen LogP contribution in [0.25, 0.3) is 0 Å². The minimum Gasteiger partial charge on any atom is -0.379 e. The Morgan fingerprint density at radius 1 is 0.535 bits per heavy atom. The van der Waals surface area contributed by atoms with Crippen LogP contribution in [0.15, 0.2) is 0 Å². The molecule has 0 aromatic heterocycles. The van der Waals surface area contributed by atoms with Crippen LogP contribution in [0.5, 0.6) is 0 Å². The van der Waals surface area contributed by atoms with Crippen molar-refractivity contribution in [3.8, 4) is 0 Å². The van der Waals surface area contributed by atoms with Gasteiger partial charge in [-0.3, -0.25) is 19.2 Å². The fraction of sp³-hybridized carbons (Fsp3) is 0.808. The van der Waals surface area contributed by atoms with E-state index >= 15 is 0 Å². The fourth-order valence-electron chi connectivity index (χ4n) is 3.41. The Labute approximate surface area is 249 Å². The molecule has 4 amide bonds. The van der Waals surface area contributed by atoms with E-state index in [4.69, 9.17) is 42.8 Å². The van der Waals surface area contributed by atoms with E-state index in [0.717, 1.165) is 0 Å². The smallest absolute Gasteiger partial charge is 0.335 e. The summed E-state index contributed by atoms with van der Waals surface area (Å²) in [7, 11) is 0. The summed E-state index contributed by atoms with van der Waals surface area (Å²) in [6.45, 7) is 4.70. The van der Waals surface area contributed by atoms with E-state index in [0.29, 0.717) is 82.8 Å². The molecule has 0 spiro atoms. The predicted octanol–water partition coefficient (Wildman–Crippen LogP) is -1.11. The molecule has 2 aliphatic rings. The van der Waals surface area contributed by atoms with Crippen LogP contribution in [-0.4, -0.2) is 144 Å². The van der Waals surface area contributed by atoms with E-state index in [1.807, 2.05) is 0 Å². The van der Waals surface area contributed by atoms with Crippen molar-refractivity contribution < 1.29 is 71.9 Å². The number of hydrogen-bond donors (Lipinski definition) is 1. The minimum atomic E-state index is -1.30. The zero-order valence-electron chi connectivity index (χ0n) is 24.3. The molecule has 2 heterocycles. The highest BCUT2D eigenvalue weighted by Gasteiger charge is 2.33. The Bertz CT molecular complexity index is 826. The summed E-state index contributed by atoms with van der Waals surface area (Å²) < 4.78 is 37.5. The predicted molar refractivity (Wildman–Crippen MR) is 140 cm³/mol. The normalized spacial score (nSPS) is 16.1. The molecule has 0 aromatic rings. The zero-order chi connectivity index (χ0) is 31.1. The van der Waals surface area contributed by atoms with Crippen LogP contribution in [0, 0.1) is 0 Å². The lowest BCUT2D eigenvalue weighted by Gasteiger charge is -2.18. The number of ether oxygens (including phenoxy) is 7. The van der Waals surface area contributed by atoms with E-state index < -0.39 is 35.9 Å². The number of carbonyl (C=O) groups is 5. The number of hydrogen-bond acceptors (Lipinski definition) is 15. The van der Waals surface area contributed by atoms with Gasteiger partial charge in [-0.15, -0.1) is 5.06 Å². The van der Waals surface area contributed by atoms with Crippen LogP contribution in [0.1, 0.15) is 38.5 Å². The van der Waals surface area contributed by atoms with E-state index in [1.54, 1.807) is 0 Å². The second-order valence-electron chi connectivity index (χ2n) is 9.01. The van der Waals surface area contributed by atoms with Gasteiger partial charge >= 0.3 is 5.97 Å². The molecule has 2 aliphatic heterocycles. The van der Waals surface area contributed by atoms with Crippen molar-refractivity contribution in [1.82, 2.24) is 10.1 Å². The van der Waals surface area contributed by atoms with Crippen LogP contribution < -0.4 is 0 Å². The average Bonchev–Trinajstić information content (AvgIpc) is 3.47. The standard InChI is InChI=1S/C26H42N2O15/c29-21-1-2-22(30)27(21)42-25(33)5-7-35-9-11-37-13-15-39-17-19-41-20-18-40-16-14-38-12-10-36-8-6-26(34)43-28-23(31)3-4-24(28)32/h25,33H,1-20H2. The number of carbonyl (C=O) groups excluding carboxylic acids is 5. The molecule has 2 fully saturated rings. The van der Waals surface area contributed by atoms with Crippen LogP contribution in [-0.2, 0) is 66.8 Å². The summed E-state index contributed by atoms with van der Waals surface area (Å²) in [5, 5.41) is 10.8. The summed E-state index contributed by atoms with van der Waals surface area (Å²) >= 11 is 0. The highest BCUT2D eigenvalue weighted by molar-refractivity contribution is 6.01.